The molecule has 2 aromatic heterocycles. The van der Waals surface area contributed by atoms with Gasteiger partial charge in [0.05, 0.1) is 11.1 Å². The molecule has 0 fully saturated rings. The maximum atomic E-state index is 12.5. The topological polar surface area (TPSA) is 156 Å². The predicted octanol–water partition coefficient (Wildman–Crippen LogP) is 5.70. The van der Waals surface area contributed by atoms with Crippen molar-refractivity contribution in [3.05, 3.63) is 124 Å². The van der Waals surface area contributed by atoms with E-state index in [1.54, 1.807) is 48.5 Å². The van der Waals surface area contributed by atoms with Crippen molar-refractivity contribution in [3.63, 3.8) is 0 Å². The van der Waals surface area contributed by atoms with Gasteiger partial charge in [-0.15, -0.1) is 0 Å². The highest BCUT2D eigenvalue weighted by Gasteiger charge is 2.36. The molecule has 0 atom stereocenters. The van der Waals surface area contributed by atoms with Gasteiger partial charge in [-0.1, -0.05) is 55.1 Å². The fourth-order valence-corrected chi connectivity index (χ4v) is 5.05. The molecule has 2 aliphatic rings. The number of hydrogen-bond donors (Lipinski definition) is 0. The van der Waals surface area contributed by atoms with Crippen molar-refractivity contribution in [1.82, 2.24) is 0 Å². The normalized spacial score (nSPS) is 13.3. The summed E-state index contributed by atoms with van der Waals surface area (Å²) in [6, 6.07) is 15.7. The van der Waals surface area contributed by atoms with E-state index in [0.717, 1.165) is 14.2 Å². The number of phosphoric ester groups is 1. The molecule has 11 nitrogen and oxygen atoms in total. The average molecular weight is 588 g/mol. The van der Waals surface area contributed by atoms with E-state index >= 15 is 0 Å². The lowest BCUT2D eigenvalue weighted by atomic mass is 9.88. The van der Waals surface area contributed by atoms with Crippen LogP contribution in [0.3, 0.4) is 0 Å². The smallest absolute Gasteiger partial charge is 0.449 e. The number of Topliss-reactive ketones (excluding diaryl/α,β-unsaturated/α-hetero) is 1. The third kappa shape index (κ3) is 4.79. The van der Waals surface area contributed by atoms with Gasteiger partial charge in [0.2, 0.25) is 11.6 Å². The predicted molar refractivity (Wildman–Crippen MR) is 146 cm³/mol. The Hall–Kier alpha value is -4.96. The Balaban J connectivity index is 0.000000175. The molecule has 2 heterocycles. The van der Waals surface area contributed by atoms with E-state index in [1.165, 1.54) is 19.1 Å². The lowest BCUT2D eigenvalue weighted by molar-refractivity contribution is 0.0947. The van der Waals surface area contributed by atoms with Crippen LogP contribution < -0.4 is 0 Å². The zero-order valence-electron chi connectivity index (χ0n) is 22.4. The zero-order chi connectivity index (χ0) is 30.3. The summed E-state index contributed by atoms with van der Waals surface area (Å²) in [5.41, 5.74) is 1.51. The SMILES string of the molecule is C=C(OP(=O)(OC)OC)c1cc2c(o1)C(=O)c1ccccc1C2=O.CC(=O)c1cc2c(o1)C(=O)c1ccccc1C2=O. The fourth-order valence-electron chi connectivity index (χ4n) is 4.39. The highest BCUT2D eigenvalue weighted by molar-refractivity contribution is 7.48. The van der Waals surface area contributed by atoms with Crippen LogP contribution >= 0.6 is 7.82 Å². The Morgan fingerprint density at radius 3 is 1.45 bits per heavy atom. The first-order chi connectivity index (χ1) is 20.0. The number of furan rings is 2. The van der Waals surface area contributed by atoms with E-state index in [9.17, 15) is 28.5 Å². The summed E-state index contributed by atoms with van der Waals surface area (Å²) in [6.45, 7) is 4.90. The van der Waals surface area contributed by atoms with Gasteiger partial charge < -0.3 is 13.4 Å². The maximum Gasteiger partial charge on any atom is 0.529 e. The lowest BCUT2D eigenvalue weighted by Crippen LogP contribution is -2.18. The molecule has 6 rings (SSSR count). The summed E-state index contributed by atoms with van der Waals surface area (Å²) >= 11 is 0. The first-order valence-electron chi connectivity index (χ1n) is 12.3. The molecule has 0 amide bonds. The molecule has 0 spiro atoms. The molecule has 2 aromatic carbocycles. The van der Waals surface area contributed by atoms with E-state index in [-0.39, 0.29) is 68.6 Å². The summed E-state index contributed by atoms with van der Waals surface area (Å²) in [5.74, 6) is -2.00. The molecular formula is C30H21O11P. The number of hydrogen-bond acceptors (Lipinski definition) is 11. The molecule has 0 saturated heterocycles. The number of carbonyl (C=O) groups excluding carboxylic acids is 5. The molecule has 0 radical (unpaired) electrons. The van der Waals surface area contributed by atoms with Gasteiger partial charge in [0.1, 0.15) is 0 Å². The molecular weight excluding hydrogens is 567 g/mol. The van der Waals surface area contributed by atoms with Crippen LogP contribution in [0.4, 0.5) is 0 Å². The molecule has 0 saturated carbocycles. The van der Waals surface area contributed by atoms with Crippen LogP contribution in [0, 0.1) is 0 Å². The first-order valence-corrected chi connectivity index (χ1v) is 13.7. The van der Waals surface area contributed by atoms with E-state index in [4.69, 9.17) is 13.4 Å². The summed E-state index contributed by atoms with van der Waals surface area (Å²) in [7, 11) is -1.53. The van der Waals surface area contributed by atoms with Crippen LogP contribution in [0.25, 0.3) is 5.76 Å². The molecule has 0 bridgehead atoms. The highest BCUT2D eigenvalue weighted by Crippen LogP contribution is 2.51. The Morgan fingerprint density at radius 1 is 0.667 bits per heavy atom. The monoisotopic (exact) mass is 588 g/mol. The minimum atomic E-state index is -3.83. The maximum absolute atomic E-state index is 12.5. The van der Waals surface area contributed by atoms with Gasteiger partial charge in [-0.25, -0.2) is 4.57 Å². The summed E-state index contributed by atoms with van der Waals surface area (Å²) < 4.78 is 36.9. The van der Waals surface area contributed by atoms with E-state index in [0.29, 0.717) is 16.7 Å². The van der Waals surface area contributed by atoms with Crippen LogP contribution in [0.15, 0.2) is 76.1 Å². The van der Waals surface area contributed by atoms with Crippen molar-refractivity contribution in [1.29, 1.82) is 0 Å². The van der Waals surface area contributed by atoms with Gasteiger partial charge in [-0.05, 0) is 12.1 Å². The number of benzene rings is 2. The third-order valence-corrected chi connectivity index (χ3v) is 7.83. The minimum Gasteiger partial charge on any atom is -0.449 e. The molecule has 4 aromatic rings. The Labute approximate surface area is 238 Å². The second-order valence-electron chi connectivity index (χ2n) is 9.00. The molecule has 12 heteroatoms. The second kappa shape index (κ2) is 10.8. The first kappa shape index (κ1) is 28.6. The van der Waals surface area contributed by atoms with Crippen molar-refractivity contribution in [3.8, 4) is 0 Å². The quantitative estimate of drug-likeness (QED) is 0.134. The zero-order valence-corrected chi connectivity index (χ0v) is 23.3. The minimum absolute atomic E-state index is 0.0103. The van der Waals surface area contributed by atoms with Gasteiger partial charge >= 0.3 is 7.82 Å². The van der Waals surface area contributed by atoms with Gasteiger partial charge in [0.25, 0.3) is 0 Å². The van der Waals surface area contributed by atoms with Crippen molar-refractivity contribution in [2.24, 2.45) is 0 Å². The van der Waals surface area contributed by atoms with Crippen molar-refractivity contribution < 1.29 is 50.9 Å². The van der Waals surface area contributed by atoms with Crippen LogP contribution in [-0.4, -0.2) is 43.1 Å². The van der Waals surface area contributed by atoms with Crippen LogP contribution in [-0.2, 0) is 18.1 Å². The highest BCUT2D eigenvalue weighted by atomic mass is 31.2. The van der Waals surface area contributed by atoms with Crippen LogP contribution in [0.5, 0.6) is 0 Å². The van der Waals surface area contributed by atoms with Crippen molar-refractivity contribution >= 4 is 42.5 Å². The number of ketones is 5. The fraction of sp³-hybridized carbons (Fsp3) is 0.100. The van der Waals surface area contributed by atoms with Gasteiger partial charge in [0.15, 0.2) is 46.1 Å². The van der Waals surface area contributed by atoms with Gasteiger partial charge in [-0.3, -0.25) is 33.0 Å². The largest absolute Gasteiger partial charge is 0.529 e. The van der Waals surface area contributed by atoms with Crippen LogP contribution in [0.2, 0.25) is 0 Å². The lowest BCUT2D eigenvalue weighted by Gasteiger charge is -2.14. The molecule has 0 aliphatic heterocycles. The third-order valence-electron chi connectivity index (χ3n) is 6.49. The molecule has 2 aliphatic carbocycles. The standard InChI is InChI=1S/C16H13O7P.C14H8O4/c1-9(23-24(19,20-2)21-3)13-8-12-14(17)10-6-4-5-7-11(10)15(18)16(12)22-13;1-7(15)11-6-10-12(16)8-4-2-3-5-9(8)13(17)14(10)18-11/h4-8H,1H2,2-3H3;2-6H,1H3. The average Bonchev–Trinajstić information content (AvgIpc) is 3.66. The van der Waals surface area contributed by atoms with Crippen molar-refractivity contribution in [2.75, 3.05) is 14.2 Å². The second-order valence-corrected chi connectivity index (χ2v) is 10.8. The molecule has 212 valence electrons. The molecule has 42 heavy (non-hydrogen) atoms. The number of fused-ring (bicyclic) bond motifs is 4. The number of rotatable bonds is 6. The molecule has 0 unspecified atom stereocenters. The number of phosphoric acid groups is 1. The molecule has 0 N–H and O–H groups in total. The van der Waals surface area contributed by atoms with E-state index < -0.39 is 13.6 Å². The van der Waals surface area contributed by atoms with E-state index in [2.05, 4.69) is 15.6 Å². The summed E-state index contributed by atoms with van der Waals surface area (Å²) in [4.78, 5) is 60.5. The Morgan fingerprint density at radius 2 is 1.05 bits per heavy atom. The Bertz CT molecular complexity index is 1780. The number of carbonyl (C=O) groups is 5. The summed E-state index contributed by atoms with van der Waals surface area (Å²) in [5, 5.41) is 0. The Kier molecular flexibility index (Phi) is 7.34. The van der Waals surface area contributed by atoms with Gasteiger partial charge in [-0.2, -0.15) is 0 Å². The van der Waals surface area contributed by atoms with Crippen molar-refractivity contribution in [2.45, 2.75) is 6.92 Å². The van der Waals surface area contributed by atoms with E-state index in [1.807, 2.05) is 0 Å². The van der Waals surface area contributed by atoms with Gasteiger partial charge in [0, 0.05) is 43.4 Å². The summed E-state index contributed by atoms with van der Waals surface area (Å²) in [6.07, 6.45) is 0. The van der Waals surface area contributed by atoms with Crippen LogP contribution in [0.1, 0.15) is 87.3 Å².